The molecule has 2 nitrogen and oxygen atoms in total. The molecule has 1 aliphatic heterocycles. The second-order valence-electron chi connectivity index (χ2n) is 4.07. The maximum absolute atomic E-state index is 5.76. The van der Waals surface area contributed by atoms with Crippen molar-refractivity contribution in [3.63, 3.8) is 0 Å². The molecule has 0 saturated carbocycles. The van der Waals surface area contributed by atoms with Gasteiger partial charge in [0.15, 0.2) is 11.5 Å². The molecular weight excluding hydrogens is 176 g/mol. The summed E-state index contributed by atoms with van der Waals surface area (Å²) in [5, 5.41) is 0. The summed E-state index contributed by atoms with van der Waals surface area (Å²) in [6.07, 6.45) is 0.847. The Labute approximate surface area is 84.8 Å². The largest absolute Gasteiger partial charge is 0.449 e. The van der Waals surface area contributed by atoms with Crippen LogP contribution in [0.3, 0.4) is 0 Å². The summed E-state index contributed by atoms with van der Waals surface area (Å²) in [5.41, 5.74) is 2.49. The van der Waals surface area contributed by atoms with Gasteiger partial charge >= 0.3 is 0 Å². The molecule has 0 radical (unpaired) electrons. The lowest BCUT2D eigenvalue weighted by molar-refractivity contribution is -0.0640. The summed E-state index contributed by atoms with van der Waals surface area (Å²) in [5.74, 6) is 1.28. The minimum absolute atomic E-state index is 0.470. The first-order valence-electron chi connectivity index (χ1n) is 5.03. The fraction of sp³-hybridized carbons (Fsp3) is 0.500. The van der Waals surface area contributed by atoms with Crippen molar-refractivity contribution in [2.75, 3.05) is 0 Å². The molecular formula is C12H16O2. The van der Waals surface area contributed by atoms with E-state index in [0.29, 0.717) is 0 Å². The van der Waals surface area contributed by atoms with E-state index in [0.717, 1.165) is 17.9 Å². The van der Waals surface area contributed by atoms with Crippen LogP contribution < -0.4 is 9.47 Å². The highest BCUT2D eigenvalue weighted by Gasteiger charge is 2.34. The van der Waals surface area contributed by atoms with Crippen LogP contribution in [0.25, 0.3) is 0 Å². The van der Waals surface area contributed by atoms with Gasteiger partial charge < -0.3 is 9.47 Å². The molecule has 0 aliphatic carbocycles. The van der Waals surface area contributed by atoms with Crippen molar-refractivity contribution < 1.29 is 9.47 Å². The zero-order valence-electron chi connectivity index (χ0n) is 9.18. The fourth-order valence-corrected chi connectivity index (χ4v) is 1.55. The second-order valence-corrected chi connectivity index (χ2v) is 4.07. The molecule has 14 heavy (non-hydrogen) atoms. The van der Waals surface area contributed by atoms with E-state index in [4.69, 9.17) is 9.47 Å². The molecule has 1 aliphatic rings. The Balaban J connectivity index is 2.41. The molecule has 0 unspecified atom stereocenters. The molecule has 1 aromatic carbocycles. The summed E-state index contributed by atoms with van der Waals surface area (Å²) in [7, 11) is 0. The molecule has 0 aromatic heterocycles. The van der Waals surface area contributed by atoms with E-state index in [9.17, 15) is 0 Å². The molecule has 76 valence electrons. The predicted octanol–water partition coefficient (Wildman–Crippen LogP) is 3.20. The molecule has 0 bridgehead atoms. The standard InChI is InChI=1S/C12H16O2/c1-5-12(4)13-10-6-8(2)9(3)7-11(10)14-12/h6-7H,5H2,1-4H3. The maximum atomic E-state index is 5.76. The van der Waals surface area contributed by atoms with Crippen LogP contribution >= 0.6 is 0 Å². The highest BCUT2D eigenvalue weighted by Crippen LogP contribution is 2.41. The maximum Gasteiger partial charge on any atom is 0.248 e. The van der Waals surface area contributed by atoms with Crippen molar-refractivity contribution in [3.8, 4) is 11.5 Å². The van der Waals surface area contributed by atoms with Crippen molar-refractivity contribution in [3.05, 3.63) is 23.3 Å². The van der Waals surface area contributed by atoms with E-state index < -0.39 is 5.79 Å². The highest BCUT2D eigenvalue weighted by atomic mass is 16.7. The average molecular weight is 192 g/mol. The molecule has 1 aromatic rings. The van der Waals surface area contributed by atoms with Gasteiger partial charge in [0, 0.05) is 13.3 Å². The van der Waals surface area contributed by atoms with Gasteiger partial charge in [-0.15, -0.1) is 0 Å². The molecule has 0 amide bonds. The zero-order valence-corrected chi connectivity index (χ0v) is 9.18. The summed E-state index contributed by atoms with van der Waals surface area (Å²) >= 11 is 0. The Morgan fingerprint density at radius 3 is 1.86 bits per heavy atom. The first kappa shape index (κ1) is 9.38. The van der Waals surface area contributed by atoms with Gasteiger partial charge in [0.25, 0.3) is 0 Å². The van der Waals surface area contributed by atoms with E-state index in [1.807, 2.05) is 19.1 Å². The van der Waals surface area contributed by atoms with Crippen LogP contribution in [0.2, 0.25) is 0 Å². The van der Waals surface area contributed by atoms with E-state index in [2.05, 4.69) is 20.8 Å². The normalized spacial score (nSPS) is 17.1. The van der Waals surface area contributed by atoms with Gasteiger partial charge in [-0.2, -0.15) is 0 Å². The minimum atomic E-state index is -0.470. The van der Waals surface area contributed by atoms with Gasteiger partial charge in [0.05, 0.1) is 0 Å². The number of ether oxygens (including phenoxy) is 2. The van der Waals surface area contributed by atoms with Gasteiger partial charge in [-0.05, 0) is 37.1 Å². The third-order valence-corrected chi connectivity index (χ3v) is 2.85. The van der Waals surface area contributed by atoms with Crippen molar-refractivity contribution in [1.82, 2.24) is 0 Å². The summed E-state index contributed by atoms with van der Waals surface area (Å²) in [6.45, 7) is 8.20. The Kier molecular flexibility index (Phi) is 1.95. The van der Waals surface area contributed by atoms with Crippen LogP contribution in [0.15, 0.2) is 12.1 Å². The van der Waals surface area contributed by atoms with Gasteiger partial charge in [-0.3, -0.25) is 0 Å². The van der Waals surface area contributed by atoms with E-state index in [-0.39, 0.29) is 0 Å². The second kappa shape index (κ2) is 2.91. The minimum Gasteiger partial charge on any atom is -0.449 e. The quantitative estimate of drug-likeness (QED) is 0.680. The number of hydrogen-bond donors (Lipinski definition) is 0. The summed E-state index contributed by atoms with van der Waals surface area (Å²) in [4.78, 5) is 0. The van der Waals surface area contributed by atoms with Crippen LogP contribution in [0.4, 0.5) is 0 Å². The van der Waals surface area contributed by atoms with Crippen LogP contribution in [0, 0.1) is 13.8 Å². The molecule has 0 fully saturated rings. The monoisotopic (exact) mass is 192 g/mol. The smallest absolute Gasteiger partial charge is 0.248 e. The van der Waals surface area contributed by atoms with Crippen LogP contribution in [0.1, 0.15) is 31.4 Å². The lowest BCUT2D eigenvalue weighted by Gasteiger charge is -2.20. The van der Waals surface area contributed by atoms with E-state index in [1.54, 1.807) is 0 Å². The molecule has 0 N–H and O–H groups in total. The first-order valence-corrected chi connectivity index (χ1v) is 5.03. The molecule has 2 heteroatoms. The predicted molar refractivity (Wildman–Crippen MR) is 55.9 cm³/mol. The number of hydrogen-bond acceptors (Lipinski definition) is 2. The average Bonchev–Trinajstić information content (AvgIpc) is 2.43. The van der Waals surface area contributed by atoms with E-state index in [1.165, 1.54) is 11.1 Å². The summed E-state index contributed by atoms with van der Waals surface area (Å²) < 4.78 is 11.5. The molecule has 0 spiro atoms. The van der Waals surface area contributed by atoms with Gasteiger partial charge in [0.1, 0.15) is 0 Å². The first-order chi connectivity index (χ1) is 6.54. The number of rotatable bonds is 1. The Morgan fingerprint density at radius 1 is 1.07 bits per heavy atom. The third kappa shape index (κ3) is 1.35. The SMILES string of the molecule is CCC1(C)Oc2cc(C)c(C)cc2O1. The number of aryl methyl sites for hydroxylation is 2. The number of benzene rings is 1. The lowest BCUT2D eigenvalue weighted by Crippen LogP contribution is -2.33. The lowest BCUT2D eigenvalue weighted by atomic mass is 10.1. The fourth-order valence-electron chi connectivity index (χ4n) is 1.55. The summed E-state index contributed by atoms with van der Waals surface area (Å²) in [6, 6.07) is 4.09. The van der Waals surface area contributed by atoms with Gasteiger partial charge in [-0.1, -0.05) is 6.92 Å². The van der Waals surface area contributed by atoms with E-state index >= 15 is 0 Å². The Morgan fingerprint density at radius 2 is 1.50 bits per heavy atom. The molecule has 1 heterocycles. The van der Waals surface area contributed by atoms with Crippen molar-refractivity contribution >= 4 is 0 Å². The van der Waals surface area contributed by atoms with Gasteiger partial charge in [-0.25, -0.2) is 0 Å². The van der Waals surface area contributed by atoms with Crippen molar-refractivity contribution in [2.24, 2.45) is 0 Å². The Hall–Kier alpha value is -1.18. The third-order valence-electron chi connectivity index (χ3n) is 2.85. The molecule has 0 atom stereocenters. The van der Waals surface area contributed by atoms with Crippen molar-refractivity contribution in [1.29, 1.82) is 0 Å². The topological polar surface area (TPSA) is 18.5 Å². The van der Waals surface area contributed by atoms with Crippen molar-refractivity contribution in [2.45, 2.75) is 39.9 Å². The van der Waals surface area contributed by atoms with Crippen LogP contribution in [-0.4, -0.2) is 5.79 Å². The number of fused-ring (bicyclic) bond motifs is 1. The van der Waals surface area contributed by atoms with Crippen LogP contribution in [0.5, 0.6) is 11.5 Å². The highest BCUT2D eigenvalue weighted by molar-refractivity contribution is 5.48. The Bertz CT molecular complexity index is 338. The molecule has 2 rings (SSSR count). The van der Waals surface area contributed by atoms with Gasteiger partial charge in [0.2, 0.25) is 5.79 Å². The zero-order chi connectivity index (χ0) is 10.3. The van der Waals surface area contributed by atoms with Crippen LogP contribution in [-0.2, 0) is 0 Å². The molecule has 0 saturated heterocycles.